The Hall–Kier alpha value is -4.29. The Morgan fingerprint density at radius 3 is 2.43 bits per heavy atom. The maximum atomic E-state index is 13.8. The van der Waals surface area contributed by atoms with Crippen LogP contribution in [0.2, 0.25) is 0 Å². The highest BCUT2D eigenvalue weighted by molar-refractivity contribution is 8.15. The average molecular weight is 621 g/mol. The summed E-state index contributed by atoms with van der Waals surface area (Å²) in [6.45, 7) is 6.33. The summed E-state index contributed by atoms with van der Waals surface area (Å²) in [6.07, 6.45) is 3.46. The molecule has 0 radical (unpaired) electrons. The minimum atomic E-state index is -0.853. The second-order valence-corrected chi connectivity index (χ2v) is 12.0. The number of carbonyl (C=O) groups excluding carboxylic acids is 3. The number of morpholine rings is 1. The predicted octanol–water partition coefficient (Wildman–Crippen LogP) is 4.09. The van der Waals surface area contributed by atoms with Gasteiger partial charge in [0.15, 0.2) is 5.69 Å². The van der Waals surface area contributed by atoms with E-state index in [9.17, 15) is 23.6 Å². The molecular weight excluding hydrogens is 587 g/mol. The molecular formula is C32H33FN4O6S. The van der Waals surface area contributed by atoms with Gasteiger partial charge in [0.1, 0.15) is 25.3 Å². The Morgan fingerprint density at radius 1 is 1.09 bits per heavy atom. The highest BCUT2D eigenvalue weighted by Gasteiger charge is 2.30. The van der Waals surface area contributed by atoms with E-state index in [-0.39, 0.29) is 48.5 Å². The number of amides is 1. The molecule has 2 aromatic carbocycles. The van der Waals surface area contributed by atoms with Crippen LogP contribution in [0.3, 0.4) is 0 Å². The van der Waals surface area contributed by atoms with Crippen molar-refractivity contribution in [2.45, 2.75) is 57.3 Å². The first-order valence-electron chi connectivity index (χ1n) is 14.3. The van der Waals surface area contributed by atoms with E-state index in [0.717, 1.165) is 5.56 Å². The lowest BCUT2D eigenvalue weighted by Crippen LogP contribution is -2.49. The lowest BCUT2D eigenvalue weighted by molar-refractivity contribution is -0.143. The van der Waals surface area contributed by atoms with Gasteiger partial charge < -0.3 is 23.7 Å². The van der Waals surface area contributed by atoms with Crippen molar-refractivity contribution in [3.8, 4) is 5.75 Å². The first kappa shape index (κ1) is 31.1. The molecule has 2 unspecified atom stereocenters. The van der Waals surface area contributed by atoms with E-state index in [1.54, 1.807) is 30.2 Å². The standard InChI is InChI=1S/C32H33FN4O6S/c1-20-15-36(16-21(2)43-20)27(39)17-35-13-14-37-30(40)29(42-19-23-7-5-4-6-8-23)28(34-32(35)37)31(41)44-26(18-38)22(3)24-9-11-25(33)12-10-24/h4-14,18,20-22,26H,15-17,19H2,1-3H3/t20-,21+,22?,26?. The van der Waals surface area contributed by atoms with Gasteiger partial charge in [0.05, 0.1) is 17.5 Å². The smallest absolute Gasteiger partial charge is 0.302 e. The summed E-state index contributed by atoms with van der Waals surface area (Å²) in [7, 11) is 0. The maximum Gasteiger partial charge on any atom is 0.302 e. The van der Waals surface area contributed by atoms with E-state index >= 15 is 0 Å². The molecule has 4 aromatic rings. The quantitative estimate of drug-likeness (QED) is 0.244. The van der Waals surface area contributed by atoms with Crippen LogP contribution in [-0.2, 0) is 27.5 Å². The molecule has 0 saturated carbocycles. The van der Waals surface area contributed by atoms with Crippen molar-refractivity contribution in [1.29, 1.82) is 0 Å². The predicted molar refractivity (Wildman–Crippen MR) is 163 cm³/mol. The molecule has 2 aromatic heterocycles. The maximum absolute atomic E-state index is 13.8. The lowest BCUT2D eigenvalue weighted by atomic mass is 9.98. The van der Waals surface area contributed by atoms with Crippen LogP contribution >= 0.6 is 11.8 Å². The summed E-state index contributed by atoms with van der Waals surface area (Å²) < 4.78 is 27.9. The second kappa shape index (κ2) is 13.6. The third kappa shape index (κ3) is 6.92. The Balaban J connectivity index is 1.48. The fourth-order valence-electron chi connectivity index (χ4n) is 5.19. The summed E-state index contributed by atoms with van der Waals surface area (Å²) in [5.41, 5.74) is 0.571. The number of carbonyl (C=O) groups is 3. The summed E-state index contributed by atoms with van der Waals surface area (Å²) in [5.74, 6) is -1.21. The second-order valence-electron chi connectivity index (χ2n) is 10.9. The van der Waals surface area contributed by atoms with Crippen molar-refractivity contribution in [2.75, 3.05) is 13.1 Å². The van der Waals surface area contributed by atoms with Gasteiger partial charge in [-0.15, -0.1) is 0 Å². The van der Waals surface area contributed by atoms with E-state index in [0.29, 0.717) is 36.7 Å². The van der Waals surface area contributed by atoms with Gasteiger partial charge in [-0.05, 0) is 37.1 Å². The zero-order valence-corrected chi connectivity index (χ0v) is 25.4. The molecule has 1 saturated heterocycles. The number of hydrogen-bond donors (Lipinski definition) is 0. The van der Waals surface area contributed by atoms with Crippen molar-refractivity contribution >= 4 is 34.8 Å². The summed E-state index contributed by atoms with van der Waals surface area (Å²) >= 11 is 0.714. The highest BCUT2D eigenvalue weighted by Crippen LogP contribution is 2.31. The molecule has 0 N–H and O–H groups in total. The Bertz CT molecular complexity index is 1700. The van der Waals surface area contributed by atoms with Crippen molar-refractivity contribution in [3.05, 3.63) is 100.0 Å². The fraction of sp³-hybridized carbons (Fsp3) is 0.344. The van der Waals surface area contributed by atoms with Crippen molar-refractivity contribution in [3.63, 3.8) is 0 Å². The van der Waals surface area contributed by atoms with Gasteiger partial charge in [0, 0.05) is 31.4 Å². The van der Waals surface area contributed by atoms with Gasteiger partial charge in [-0.3, -0.25) is 14.4 Å². The zero-order chi connectivity index (χ0) is 31.4. The van der Waals surface area contributed by atoms with Crippen LogP contribution in [0.25, 0.3) is 5.78 Å². The molecule has 44 heavy (non-hydrogen) atoms. The van der Waals surface area contributed by atoms with E-state index in [4.69, 9.17) is 9.47 Å². The van der Waals surface area contributed by atoms with E-state index < -0.39 is 27.7 Å². The number of aromatic nitrogens is 3. The number of fused-ring (bicyclic) bond motifs is 1. The normalized spacial score (nSPS) is 18.1. The van der Waals surface area contributed by atoms with Crippen LogP contribution in [-0.4, -0.2) is 66.7 Å². The number of nitrogens with zero attached hydrogens (tertiary/aromatic N) is 4. The molecule has 12 heteroatoms. The van der Waals surface area contributed by atoms with E-state index in [1.807, 2.05) is 44.2 Å². The highest BCUT2D eigenvalue weighted by atomic mass is 32.2. The molecule has 0 bridgehead atoms. The lowest BCUT2D eigenvalue weighted by Gasteiger charge is -2.35. The first-order chi connectivity index (χ1) is 21.1. The number of halogens is 1. The fourth-order valence-corrected chi connectivity index (χ4v) is 6.10. The number of ether oxygens (including phenoxy) is 2. The third-order valence-corrected chi connectivity index (χ3v) is 8.67. The summed E-state index contributed by atoms with van der Waals surface area (Å²) in [6, 6.07) is 14.9. The Kier molecular flexibility index (Phi) is 9.60. The topological polar surface area (TPSA) is 112 Å². The Morgan fingerprint density at radius 2 is 1.77 bits per heavy atom. The molecule has 4 atom stereocenters. The molecule has 3 heterocycles. The van der Waals surface area contributed by atoms with Crippen molar-refractivity contribution in [2.24, 2.45) is 0 Å². The number of benzene rings is 2. The molecule has 0 spiro atoms. The molecule has 1 aliphatic rings. The van der Waals surface area contributed by atoms with Crippen molar-refractivity contribution < 1.29 is 28.2 Å². The summed E-state index contributed by atoms with van der Waals surface area (Å²) in [4.78, 5) is 59.1. The van der Waals surface area contributed by atoms with Crippen molar-refractivity contribution in [1.82, 2.24) is 18.9 Å². The molecule has 1 amide bonds. The first-order valence-corrected chi connectivity index (χ1v) is 15.2. The SMILES string of the molecule is CC(c1ccc(F)cc1)C(C=O)SC(=O)c1nc2n(CC(=O)N3C[C@@H](C)O[C@@H](C)C3)ccn2c(=O)c1OCc1ccccc1. The number of rotatable bonds is 10. The van der Waals surface area contributed by atoms with E-state index in [1.165, 1.54) is 27.3 Å². The largest absolute Gasteiger partial charge is 0.481 e. The third-order valence-electron chi connectivity index (χ3n) is 7.47. The molecule has 10 nitrogen and oxygen atoms in total. The van der Waals surface area contributed by atoms with Gasteiger partial charge in [-0.1, -0.05) is 61.2 Å². The van der Waals surface area contributed by atoms with Gasteiger partial charge in [-0.25, -0.2) is 13.8 Å². The molecule has 230 valence electrons. The molecule has 0 aliphatic carbocycles. The average Bonchev–Trinajstić information content (AvgIpc) is 3.41. The zero-order valence-electron chi connectivity index (χ0n) is 24.6. The van der Waals surface area contributed by atoms with Crippen LogP contribution in [0.5, 0.6) is 5.75 Å². The van der Waals surface area contributed by atoms with Gasteiger partial charge in [0.25, 0.3) is 0 Å². The number of aldehydes is 1. The molecule has 1 aliphatic heterocycles. The summed E-state index contributed by atoms with van der Waals surface area (Å²) in [5, 5.41) is -1.50. The van der Waals surface area contributed by atoms with Gasteiger partial charge in [-0.2, -0.15) is 0 Å². The van der Waals surface area contributed by atoms with Crippen LogP contribution < -0.4 is 10.3 Å². The minimum absolute atomic E-state index is 0.00442. The van der Waals surface area contributed by atoms with Crippen LogP contribution in [0.1, 0.15) is 48.3 Å². The van der Waals surface area contributed by atoms with Crippen LogP contribution in [0, 0.1) is 5.82 Å². The van der Waals surface area contributed by atoms with Crippen LogP contribution in [0.15, 0.2) is 71.8 Å². The monoisotopic (exact) mass is 620 g/mol. The number of imidazole rings is 1. The van der Waals surface area contributed by atoms with Gasteiger partial charge in [0.2, 0.25) is 22.5 Å². The van der Waals surface area contributed by atoms with Crippen LogP contribution in [0.4, 0.5) is 4.39 Å². The van der Waals surface area contributed by atoms with E-state index in [2.05, 4.69) is 4.98 Å². The molecule has 5 rings (SSSR count). The Labute approximate surface area is 257 Å². The molecule has 1 fully saturated rings. The number of hydrogen-bond acceptors (Lipinski definition) is 8. The minimum Gasteiger partial charge on any atom is -0.481 e. The number of thioether (sulfide) groups is 1. The van der Waals surface area contributed by atoms with Gasteiger partial charge >= 0.3 is 5.56 Å².